The predicted molar refractivity (Wildman–Crippen MR) is 96.2 cm³/mol. The third-order valence-corrected chi connectivity index (χ3v) is 6.26. The summed E-state index contributed by atoms with van der Waals surface area (Å²) in [6, 6.07) is 0. The van der Waals surface area contributed by atoms with Crippen LogP contribution in [0.3, 0.4) is 0 Å². The molecule has 0 atom stereocenters. The molecule has 0 bridgehead atoms. The third kappa shape index (κ3) is 2.85. The molecule has 2 aromatic heterocycles. The van der Waals surface area contributed by atoms with E-state index in [0.29, 0.717) is 24.8 Å². The summed E-state index contributed by atoms with van der Waals surface area (Å²) in [5.41, 5.74) is 3.71. The number of anilines is 1. The minimum Gasteiger partial charge on any atom is -0.378 e. The topological polar surface area (TPSA) is 64.0 Å². The first-order valence-electron chi connectivity index (χ1n) is 9.58. The van der Waals surface area contributed by atoms with Gasteiger partial charge in [0.05, 0.1) is 30.3 Å². The molecular formula is C19H23F2N5O. The molecule has 144 valence electrons. The fourth-order valence-electron chi connectivity index (χ4n) is 4.82. The van der Waals surface area contributed by atoms with Gasteiger partial charge in [-0.3, -0.25) is 0 Å². The van der Waals surface area contributed by atoms with Crippen molar-refractivity contribution in [2.24, 2.45) is 5.41 Å². The highest BCUT2D eigenvalue weighted by Crippen LogP contribution is 2.67. The van der Waals surface area contributed by atoms with Crippen molar-refractivity contribution in [2.75, 3.05) is 31.2 Å². The van der Waals surface area contributed by atoms with E-state index in [4.69, 9.17) is 14.7 Å². The van der Waals surface area contributed by atoms with Crippen LogP contribution in [0, 0.1) is 19.3 Å². The quantitative estimate of drug-likeness (QED) is 0.803. The van der Waals surface area contributed by atoms with Gasteiger partial charge in [0.15, 0.2) is 5.65 Å². The van der Waals surface area contributed by atoms with Crippen LogP contribution in [0.5, 0.6) is 0 Å². The normalized spacial score (nSPS) is 24.1. The SMILES string of the molecule is Cc1nc2nc(N3CCOCC3)nc(C3CC4(C3)CC(F)(F)C4)c2nc1C. The lowest BCUT2D eigenvalue weighted by Gasteiger charge is -2.57. The minimum absolute atomic E-state index is 0.0135. The maximum Gasteiger partial charge on any atom is 0.249 e. The van der Waals surface area contributed by atoms with Gasteiger partial charge >= 0.3 is 0 Å². The van der Waals surface area contributed by atoms with Gasteiger partial charge in [0.2, 0.25) is 11.9 Å². The van der Waals surface area contributed by atoms with E-state index in [1.165, 1.54) is 0 Å². The third-order valence-electron chi connectivity index (χ3n) is 6.26. The summed E-state index contributed by atoms with van der Waals surface area (Å²) in [5.74, 6) is -1.67. The molecule has 3 aliphatic rings. The Balaban J connectivity index is 1.52. The summed E-state index contributed by atoms with van der Waals surface area (Å²) in [6.07, 6.45) is 1.54. The smallest absolute Gasteiger partial charge is 0.249 e. The average molecular weight is 375 g/mol. The molecule has 0 aromatic carbocycles. The van der Waals surface area contributed by atoms with Crippen LogP contribution in [0.2, 0.25) is 0 Å². The first-order valence-corrected chi connectivity index (χ1v) is 9.58. The summed E-state index contributed by atoms with van der Waals surface area (Å²) < 4.78 is 32.2. The highest BCUT2D eigenvalue weighted by Gasteiger charge is 2.62. The van der Waals surface area contributed by atoms with Crippen LogP contribution in [-0.4, -0.2) is 52.2 Å². The van der Waals surface area contributed by atoms with Gasteiger partial charge in [0.25, 0.3) is 0 Å². The summed E-state index contributed by atoms with van der Waals surface area (Å²) in [6.45, 7) is 6.63. The van der Waals surface area contributed by atoms with Crippen molar-refractivity contribution in [3.05, 3.63) is 17.1 Å². The summed E-state index contributed by atoms with van der Waals surface area (Å²) in [4.78, 5) is 21.0. The van der Waals surface area contributed by atoms with Gasteiger partial charge < -0.3 is 9.64 Å². The van der Waals surface area contributed by atoms with Crippen molar-refractivity contribution in [1.82, 2.24) is 19.9 Å². The first-order chi connectivity index (χ1) is 12.8. The molecule has 2 saturated carbocycles. The Hall–Kier alpha value is -1.96. The van der Waals surface area contributed by atoms with Gasteiger partial charge in [-0.25, -0.2) is 23.7 Å². The lowest BCUT2D eigenvalue weighted by Crippen LogP contribution is -2.53. The number of nitrogens with zero attached hydrogens (tertiary/aromatic N) is 5. The zero-order valence-corrected chi connectivity index (χ0v) is 15.6. The average Bonchev–Trinajstić information content (AvgIpc) is 2.58. The van der Waals surface area contributed by atoms with Gasteiger partial charge in [0.1, 0.15) is 5.52 Å². The molecule has 3 heterocycles. The molecule has 6 nitrogen and oxygen atoms in total. The number of alkyl halides is 2. The summed E-state index contributed by atoms with van der Waals surface area (Å²) >= 11 is 0. The lowest BCUT2D eigenvalue weighted by molar-refractivity contribution is -0.196. The number of morpholine rings is 1. The van der Waals surface area contributed by atoms with E-state index in [2.05, 4.69) is 14.9 Å². The molecule has 27 heavy (non-hydrogen) atoms. The number of hydrogen-bond acceptors (Lipinski definition) is 6. The Labute approximate surface area is 156 Å². The van der Waals surface area contributed by atoms with Crippen molar-refractivity contribution in [3.63, 3.8) is 0 Å². The van der Waals surface area contributed by atoms with Crippen LogP contribution < -0.4 is 4.90 Å². The highest BCUT2D eigenvalue weighted by atomic mass is 19.3. The van der Waals surface area contributed by atoms with Crippen molar-refractivity contribution in [2.45, 2.75) is 51.4 Å². The van der Waals surface area contributed by atoms with E-state index in [-0.39, 0.29) is 24.2 Å². The fraction of sp³-hybridized carbons (Fsp3) is 0.684. The Morgan fingerprint density at radius 1 is 0.963 bits per heavy atom. The molecule has 2 aromatic rings. The van der Waals surface area contributed by atoms with E-state index in [9.17, 15) is 8.78 Å². The number of fused-ring (bicyclic) bond motifs is 1. The molecule has 1 saturated heterocycles. The Bertz CT molecular complexity index is 897. The molecule has 0 radical (unpaired) electrons. The second kappa shape index (κ2) is 5.77. The second-order valence-corrected chi connectivity index (χ2v) is 8.39. The number of hydrogen-bond donors (Lipinski definition) is 0. The molecule has 2 aliphatic carbocycles. The maximum absolute atomic E-state index is 13.4. The Morgan fingerprint density at radius 2 is 1.63 bits per heavy atom. The molecule has 8 heteroatoms. The highest BCUT2D eigenvalue weighted by molar-refractivity contribution is 5.75. The van der Waals surface area contributed by atoms with Crippen LogP contribution in [0.25, 0.3) is 11.2 Å². The van der Waals surface area contributed by atoms with Gasteiger partial charge in [-0.2, -0.15) is 4.98 Å². The van der Waals surface area contributed by atoms with E-state index in [1.54, 1.807) is 0 Å². The van der Waals surface area contributed by atoms with Crippen LogP contribution in [0.15, 0.2) is 0 Å². The largest absolute Gasteiger partial charge is 0.378 e. The molecule has 1 aliphatic heterocycles. The molecule has 0 N–H and O–H groups in total. The van der Waals surface area contributed by atoms with Gasteiger partial charge in [-0.05, 0) is 32.1 Å². The Morgan fingerprint density at radius 3 is 2.30 bits per heavy atom. The standard InChI is InChI=1S/C19H23F2N5O/c1-11-12(2)23-16-15(22-11)14(13-7-18(8-13)9-19(20,21)10-18)24-17(25-16)26-3-5-27-6-4-26/h13H,3-10H2,1-2H3. The van der Waals surface area contributed by atoms with Crippen LogP contribution in [-0.2, 0) is 4.74 Å². The van der Waals surface area contributed by atoms with Crippen molar-refractivity contribution in [1.29, 1.82) is 0 Å². The zero-order chi connectivity index (χ0) is 18.8. The predicted octanol–water partition coefficient (Wildman–Crippen LogP) is 3.17. The summed E-state index contributed by atoms with van der Waals surface area (Å²) in [5, 5.41) is 0. The van der Waals surface area contributed by atoms with Crippen molar-refractivity contribution >= 4 is 17.1 Å². The van der Waals surface area contributed by atoms with E-state index in [1.807, 2.05) is 13.8 Å². The molecule has 0 unspecified atom stereocenters. The molecular weight excluding hydrogens is 352 g/mol. The van der Waals surface area contributed by atoms with Crippen molar-refractivity contribution in [3.8, 4) is 0 Å². The van der Waals surface area contributed by atoms with E-state index in [0.717, 1.165) is 48.5 Å². The van der Waals surface area contributed by atoms with Crippen molar-refractivity contribution < 1.29 is 13.5 Å². The molecule has 3 fully saturated rings. The van der Waals surface area contributed by atoms with Crippen LogP contribution in [0.1, 0.15) is 48.7 Å². The lowest BCUT2D eigenvalue weighted by atomic mass is 9.49. The molecule has 5 rings (SSSR count). The van der Waals surface area contributed by atoms with Crippen LogP contribution in [0.4, 0.5) is 14.7 Å². The summed E-state index contributed by atoms with van der Waals surface area (Å²) in [7, 11) is 0. The van der Waals surface area contributed by atoms with E-state index < -0.39 is 5.92 Å². The van der Waals surface area contributed by atoms with Gasteiger partial charge in [-0.15, -0.1) is 0 Å². The number of halogens is 2. The van der Waals surface area contributed by atoms with Crippen LogP contribution >= 0.6 is 0 Å². The number of aromatic nitrogens is 4. The monoisotopic (exact) mass is 375 g/mol. The molecule has 0 amide bonds. The molecule has 1 spiro atoms. The minimum atomic E-state index is -2.48. The number of rotatable bonds is 2. The second-order valence-electron chi connectivity index (χ2n) is 8.39. The van der Waals surface area contributed by atoms with Gasteiger partial charge in [0, 0.05) is 31.8 Å². The Kier molecular flexibility index (Phi) is 3.67. The number of ether oxygens (including phenoxy) is 1. The zero-order valence-electron chi connectivity index (χ0n) is 15.6. The number of aryl methyl sites for hydroxylation is 2. The fourth-order valence-corrected chi connectivity index (χ4v) is 4.82. The first kappa shape index (κ1) is 17.2. The van der Waals surface area contributed by atoms with E-state index >= 15 is 0 Å². The van der Waals surface area contributed by atoms with Gasteiger partial charge in [-0.1, -0.05) is 0 Å². The maximum atomic E-state index is 13.4.